The van der Waals surface area contributed by atoms with Crippen LogP contribution in [0.2, 0.25) is 0 Å². The summed E-state index contributed by atoms with van der Waals surface area (Å²) < 4.78 is 19.9. The third-order valence-electron chi connectivity index (χ3n) is 6.89. The molecule has 158 valence electrons. The van der Waals surface area contributed by atoms with Gasteiger partial charge in [0.1, 0.15) is 5.82 Å². The third kappa shape index (κ3) is 3.88. The van der Waals surface area contributed by atoms with Crippen LogP contribution in [0, 0.1) is 18.7 Å². The van der Waals surface area contributed by atoms with E-state index in [1.165, 1.54) is 12.8 Å². The summed E-state index contributed by atoms with van der Waals surface area (Å²) in [7, 11) is 0. The zero-order chi connectivity index (χ0) is 20.7. The number of fused-ring (bicyclic) bond motifs is 1. The first kappa shape index (κ1) is 19.7. The van der Waals surface area contributed by atoms with Gasteiger partial charge < -0.3 is 9.64 Å². The Labute approximate surface area is 177 Å². The number of ether oxygens (including phenoxy) is 1. The van der Waals surface area contributed by atoms with Crippen LogP contribution in [0.1, 0.15) is 39.9 Å². The maximum absolute atomic E-state index is 14.0. The summed E-state index contributed by atoms with van der Waals surface area (Å²) in [6.07, 6.45) is 3.18. The molecule has 1 aliphatic carbocycles. The monoisotopic (exact) mass is 408 g/mol. The van der Waals surface area contributed by atoms with Crippen molar-refractivity contribution >= 4 is 5.91 Å². The number of carbonyl (C=O) groups is 1. The lowest BCUT2D eigenvalue weighted by Crippen LogP contribution is -2.63. The topological polar surface area (TPSA) is 32.8 Å². The van der Waals surface area contributed by atoms with Gasteiger partial charge in [0.2, 0.25) is 0 Å². The van der Waals surface area contributed by atoms with E-state index in [0.29, 0.717) is 30.7 Å². The number of benzene rings is 2. The average molecular weight is 409 g/mol. The van der Waals surface area contributed by atoms with Gasteiger partial charge in [-0.3, -0.25) is 9.69 Å². The molecule has 1 amide bonds. The first-order chi connectivity index (χ1) is 14.6. The molecule has 2 saturated heterocycles. The molecule has 2 heterocycles. The van der Waals surface area contributed by atoms with E-state index in [1.54, 1.807) is 19.1 Å². The molecule has 0 unspecified atom stereocenters. The van der Waals surface area contributed by atoms with Crippen molar-refractivity contribution in [3.63, 3.8) is 0 Å². The number of morpholine rings is 1. The van der Waals surface area contributed by atoms with Gasteiger partial charge in [0.05, 0.1) is 19.3 Å². The fourth-order valence-electron chi connectivity index (χ4n) is 4.97. The summed E-state index contributed by atoms with van der Waals surface area (Å²) in [6.45, 7) is 5.70. The highest BCUT2D eigenvalue weighted by atomic mass is 19.1. The van der Waals surface area contributed by atoms with Gasteiger partial charge in [0, 0.05) is 31.2 Å². The second kappa shape index (κ2) is 8.12. The third-order valence-corrected chi connectivity index (χ3v) is 6.89. The highest BCUT2D eigenvalue weighted by molar-refractivity contribution is 5.96. The van der Waals surface area contributed by atoms with Crippen LogP contribution in [0.5, 0.6) is 0 Å². The molecule has 2 aromatic carbocycles. The van der Waals surface area contributed by atoms with Gasteiger partial charge >= 0.3 is 0 Å². The Morgan fingerprint density at radius 2 is 1.97 bits per heavy atom. The van der Waals surface area contributed by atoms with Crippen LogP contribution in [-0.2, 0) is 11.2 Å². The number of hydrogen-bond donors (Lipinski definition) is 0. The van der Waals surface area contributed by atoms with Crippen molar-refractivity contribution < 1.29 is 13.9 Å². The van der Waals surface area contributed by atoms with E-state index in [2.05, 4.69) is 4.90 Å². The zero-order valence-corrected chi connectivity index (χ0v) is 17.5. The van der Waals surface area contributed by atoms with Gasteiger partial charge in [-0.25, -0.2) is 4.39 Å². The largest absolute Gasteiger partial charge is 0.378 e. The number of aryl methyl sites for hydroxylation is 1. The van der Waals surface area contributed by atoms with E-state index >= 15 is 0 Å². The van der Waals surface area contributed by atoms with Crippen molar-refractivity contribution in [2.45, 2.75) is 38.3 Å². The minimum atomic E-state index is -0.199. The standard InChI is InChI=1S/C25H29FN2O2/c1-17-6-7-18(13-23(17)26)12-20-4-2-3-5-22(20)25(29)27-10-11-28-21(14-27)15-30-16-24(28)19-8-9-19/h2-7,13,19,21,24H,8-12,14-16H2,1H3/t21-,24-/m1/s1. The number of carbonyl (C=O) groups excluding carboxylic acids is 1. The fourth-order valence-corrected chi connectivity index (χ4v) is 4.97. The molecular weight excluding hydrogens is 379 g/mol. The normalized spacial score (nSPS) is 24.5. The first-order valence-corrected chi connectivity index (χ1v) is 11.1. The minimum absolute atomic E-state index is 0.0754. The second-order valence-corrected chi connectivity index (χ2v) is 9.00. The van der Waals surface area contributed by atoms with E-state index in [9.17, 15) is 9.18 Å². The predicted octanol–water partition coefficient (Wildman–Crippen LogP) is 3.66. The molecular formula is C25H29FN2O2. The van der Waals surface area contributed by atoms with Gasteiger partial charge in [-0.2, -0.15) is 0 Å². The molecule has 3 fully saturated rings. The van der Waals surface area contributed by atoms with Crippen molar-refractivity contribution in [1.29, 1.82) is 0 Å². The molecule has 0 N–H and O–H groups in total. The number of halogens is 1. The Morgan fingerprint density at radius 3 is 2.77 bits per heavy atom. The Morgan fingerprint density at radius 1 is 1.13 bits per heavy atom. The molecule has 0 radical (unpaired) electrons. The van der Waals surface area contributed by atoms with E-state index < -0.39 is 0 Å². The van der Waals surface area contributed by atoms with Gasteiger partial charge in [-0.15, -0.1) is 0 Å². The van der Waals surface area contributed by atoms with E-state index in [1.807, 2.05) is 35.2 Å². The summed E-state index contributed by atoms with van der Waals surface area (Å²) in [5, 5.41) is 0. The van der Waals surface area contributed by atoms with Crippen LogP contribution in [-0.4, -0.2) is 60.6 Å². The van der Waals surface area contributed by atoms with Gasteiger partial charge in [0.25, 0.3) is 5.91 Å². The van der Waals surface area contributed by atoms with Crippen LogP contribution in [0.4, 0.5) is 4.39 Å². The molecule has 1 saturated carbocycles. The molecule has 2 atom stereocenters. The SMILES string of the molecule is Cc1ccc(Cc2ccccc2C(=O)N2CCN3[C@@H](COC[C@@H]3C3CC3)C2)cc1F. The molecule has 30 heavy (non-hydrogen) atoms. The molecule has 3 aliphatic rings. The van der Waals surface area contributed by atoms with E-state index in [4.69, 9.17) is 4.74 Å². The number of amides is 1. The molecule has 5 rings (SSSR count). The Hall–Kier alpha value is -2.24. The number of piperazine rings is 1. The van der Waals surface area contributed by atoms with Crippen molar-refractivity contribution in [3.8, 4) is 0 Å². The quantitative estimate of drug-likeness (QED) is 0.774. The minimum Gasteiger partial charge on any atom is -0.378 e. The lowest BCUT2D eigenvalue weighted by molar-refractivity contribution is -0.0816. The first-order valence-electron chi connectivity index (χ1n) is 11.1. The molecule has 0 aromatic heterocycles. The molecule has 5 heteroatoms. The average Bonchev–Trinajstić information content (AvgIpc) is 3.61. The number of rotatable bonds is 4. The molecule has 2 aliphatic heterocycles. The number of nitrogens with zero attached hydrogens (tertiary/aromatic N) is 2. The summed E-state index contributed by atoms with van der Waals surface area (Å²) in [4.78, 5) is 18.0. The summed E-state index contributed by atoms with van der Waals surface area (Å²) in [5.41, 5.74) is 3.20. The summed E-state index contributed by atoms with van der Waals surface area (Å²) in [6, 6.07) is 13.9. The maximum atomic E-state index is 14.0. The van der Waals surface area contributed by atoms with Crippen LogP contribution < -0.4 is 0 Å². The summed E-state index contributed by atoms with van der Waals surface area (Å²) in [5.74, 6) is 0.659. The lowest BCUT2D eigenvalue weighted by atomic mass is 9.97. The van der Waals surface area contributed by atoms with Gasteiger partial charge in [-0.1, -0.05) is 30.3 Å². The Balaban J connectivity index is 1.32. The smallest absolute Gasteiger partial charge is 0.254 e. The van der Waals surface area contributed by atoms with Gasteiger partial charge in [-0.05, 0) is 60.9 Å². The van der Waals surface area contributed by atoms with Crippen LogP contribution in [0.3, 0.4) is 0 Å². The molecule has 0 bridgehead atoms. The summed E-state index contributed by atoms with van der Waals surface area (Å²) >= 11 is 0. The van der Waals surface area contributed by atoms with Crippen molar-refractivity contribution in [2.75, 3.05) is 32.8 Å². The second-order valence-electron chi connectivity index (χ2n) is 9.00. The molecule has 4 nitrogen and oxygen atoms in total. The van der Waals surface area contributed by atoms with E-state index in [-0.39, 0.29) is 11.7 Å². The predicted molar refractivity (Wildman–Crippen MR) is 114 cm³/mol. The van der Waals surface area contributed by atoms with Crippen molar-refractivity contribution in [1.82, 2.24) is 9.80 Å². The van der Waals surface area contributed by atoms with Crippen LogP contribution >= 0.6 is 0 Å². The highest BCUT2D eigenvalue weighted by Gasteiger charge is 2.43. The van der Waals surface area contributed by atoms with E-state index in [0.717, 1.165) is 48.8 Å². The van der Waals surface area contributed by atoms with Crippen molar-refractivity contribution in [3.05, 3.63) is 70.5 Å². The van der Waals surface area contributed by atoms with Gasteiger partial charge in [0.15, 0.2) is 0 Å². The molecule has 2 aromatic rings. The Bertz CT molecular complexity index is 942. The highest BCUT2D eigenvalue weighted by Crippen LogP contribution is 2.38. The van der Waals surface area contributed by atoms with Crippen LogP contribution in [0.25, 0.3) is 0 Å². The zero-order valence-electron chi connectivity index (χ0n) is 17.5. The lowest BCUT2D eigenvalue weighted by Gasteiger charge is -2.48. The number of hydrogen-bond acceptors (Lipinski definition) is 3. The maximum Gasteiger partial charge on any atom is 0.254 e. The fraction of sp³-hybridized carbons (Fsp3) is 0.480. The molecule has 0 spiro atoms. The van der Waals surface area contributed by atoms with Crippen LogP contribution in [0.15, 0.2) is 42.5 Å². The van der Waals surface area contributed by atoms with Crippen molar-refractivity contribution in [2.24, 2.45) is 5.92 Å². The Kier molecular flexibility index (Phi) is 5.34.